The van der Waals surface area contributed by atoms with Crippen molar-refractivity contribution in [2.45, 2.75) is 20.3 Å². The van der Waals surface area contributed by atoms with Crippen LogP contribution in [0.25, 0.3) is 16.7 Å². The van der Waals surface area contributed by atoms with Gasteiger partial charge in [-0.15, -0.1) is 0 Å². The first-order chi connectivity index (χ1) is 11.7. The number of nitrogens with zero attached hydrogens (tertiary/aromatic N) is 2. The summed E-state index contributed by atoms with van der Waals surface area (Å²) >= 11 is 0. The predicted octanol–water partition coefficient (Wildman–Crippen LogP) is 4.05. The maximum absolute atomic E-state index is 12.0. The van der Waals surface area contributed by atoms with E-state index in [9.17, 15) is 4.79 Å². The molecule has 24 heavy (non-hydrogen) atoms. The molecule has 1 heterocycles. The molecule has 1 aromatic heterocycles. The van der Waals surface area contributed by atoms with E-state index in [0.717, 1.165) is 28.7 Å². The number of aryl methyl sites for hydroxylation is 1. The minimum atomic E-state index is -0.357. The van der Waals surface area contributed by atoms with E-state index in [1.165, 1.54) is 11.6 Å². The van der Waals surface area contributed by atoms with Crippen LogP contribution in [0.1, 0.15) is 25.0 Å². The number of esters is 1. The molecule has 0 radical (unpaired) electrons. The van der Waals surface area contributed by atoms with Crippen LogP contribution in [-0.4, -0.2) is 22.1 Å². The average molecular weight is 320 g/mol. The number of imidazole rings is 1. The highest BCUT2D eigenvalue weighted by molar-refractivity contribution is 5.93. The third-order valence-corrected chi connectivity index (χ3v) is 3.91. The van der Waals surface area contributed by atoms with Crippen molar-refractivity contribution in [3.63, 3.8) is 0 Å². The van der Waals surface area contributed by atoms with Crippen molar-refractivity contribution >= 4 is 22.7 Å². The molecule has 0 unspecified atom stereocenters. The molecule has 0 atom stereocenters. The Morgan fingerprint density at radius 3 is 2.58 bits per heavy atom. The molecular formula is C20H20N2O2. The largest absolute Gasteiger partial charge is 0.463 e. The lowest BCUT2D eigenvalue weighted by Gasteiger charge is -2.11. The van der Waals surface area contributed by atoms with Gasteiger partial charge in [-0.3, -0.25) is 4.57 Å². The van der Waals surface area contributed by atoms with Gasteiger partial charge in [0.1, 0.15) is 6.33 Å². The van der Waals surface area contributed by atoms with Gasteiger partial charge in [-0.2, -0.15) is 0 Å². The van der Waals surface area contributed by atoms with E-state index in [4.69, 9.17) is 4.74 Å². The Hall–Kier alpha value is -2.88. The fourth-order valence-corrected chi connectivity index (χ4v) is 2.65. The Morgan fingerprint density at radius 1 is 1.12 bits per heavy atom. The molecular weight excluding hydrogens is 300 g/mol. The van der Waals surface area contributed by atoms with E-state index in [0.29, 0.717) is 6.61 Å². The zero-order chi connectivity index (χ0) is 16.9. The topological polar surface area (TPSA) is 44.1 Å². The van der Waals surface area contributed by atoms with E-state index >= 15 is 0 Å². The fourth-order valence-electron chi connectivity index (χ4n) is 2.65. The molecule has 0 aliphatic carbocycles. The number of rotatable bonds is 5. The van der Waals surface area contributed by atoms with Crippen LogP contribution in [0, 0.1) is 0 Å². The van der Waals surface area contributed by atoms with Crippen LogP contribution in [-0.2, 0) is 16.0 Å². The number of para-hydroxylation sites is 2. The highest BCUT2D eigenvalue weighted by Crippen LogP contribution is 2.23. The summed E-state index contributed by atoms with van der Waals surface area (Å²) in [6.07, 6.45) is 4.24. The summed E-state index contributed by atoms with van der Waals surface area (Å²) in [5, 5.41) is 0. The Labute approximate surface area is 141 Å². The standard InChI is InChI=1S/C20H20N2O2/c1-3-15-9-11-16(12-10-15)19(13-20(23)24-4-2)22-14-21-17-7-5-6-8-18(17)22/h5-14H,3-4H2,1-2H3. The van der Waals surface area contributed by atoms with Gasteiger partial charge in [0.2, 0.25) is 0 Å². The minimum Gasteiger partial charge on any atom is -0.463 e. The lowest BCUT2D eigenvalue weighted by Crippen LogP contribution is -2.05. The average Bonchev–Trinajstić information content (AvgIpc) is 3.04. The van der Waals surface area contributed by atoms with Crippen molar-refractivity contribution < 1.29 is 9.53 Å². The Kier molecular flexibility index (Phi) is 4.75. The zero-order valence-corrected chi connectivity index (χ0v) is 13.9. The molecule has 4 nitrogen and oxygen atoms in total. The third-order valence-electron chi connectivity index (χ3n) is 3.91. The Bertz CT molecular complexity index is 876. The lowest BCUT2D eigenvalue weighted by molar-refractivity contribution is -0.137. The number of carbonyl (C=O) groups excluding carboxylic acids is 1. The van der Waals surface area contributed by atoms with Crippen LogP contribution >= 0.6 is 0 Å². The second kappa shape index (κ2) is 7.13. The number of hydrogen-bond donors (Lipinski definition) is 0. The fraction of sp³-hybridized carbons (Fsp3) is 0.200. The summed E-state index contributed by atoms with van der Waals surface area (Å²) in [5.74, 6) is -0.357. The molecule has 0 saturated heterocycles. The van der Waals surface area contributed by atoms with Gasteiger partial charge >= 0.3 is 5.97 Å². The summed E-state index contributed by atoms with van der Waals surface area (Å²) in [6, 6.07) is 16.1. The van der Waals surface area contributed by atoms with Crippen molar-refractivity contribution in [2.24, 2.45) is 0 Å². The number of hydrogen-bond acceptors (Lipinski definition) is 3. The zero-order valence-electron chi connectivity index (χ0n) is 13.9. The molecule has 0 spiro atoms. The first-order valence-electron chi connectivity index (χ1n) is 8.13. The van der Waals surface area contributed by atoms with Crippen LogP contribution in [0.4, 0.5) is 0 Å². The van der Waals surface area contributed by atoms with Gasteiger partial charge in [0.15, 0.2) is 0 Å². The van der Waals surface area contributed by atoms with Crippen molar-refractivity contribution in [3.05, 3.63) is 72.1 Å². The number of aromatic nitrogens is 2. The van der Waals surface area contributed by atoms with Crippen molar-refractivity contribution in [2.75, 3.05) is 6.61 Å². The van der Waals surface area contributed by atoms with Gasteiger partial charge in [-0.05, 0) is 36.6 Å². The van der Waals surface area contributed by atoms with Gasteiger partial charge in [0.05, 0.1) is 23.3 Å². The molecule has 0 saturated carbocycles. The molecule has 0 aliphatic heterocycles. The number of carbonyl (C=O) groups is 1. The van der Waals surface area contributed by atoms with Gasteiger partial charge in [0, 0.05) is 6.08 Å². The van der Waals surface area contributed by atoms with Crippen molar-refractivity contribution in [3.8, 4) is 0 Å². The lowest BCUT2D eigenvalue weighted by atomic mass is 10.1. The molecule has 122 valence electrons. The predicted molar refractivity (Wildman–Crippen MR) is 95.6 cm³/mol. The van der Waals surface area contributed by atoms with Crippen LogP contribution in [0.15, 0.2) is 60.9 Å². The van der Waals surface area contributed by atoms with Crippen LogP contribution in [0.5, 0.6) is 0 Å². The number of ether oxygens (including phenoxy) is 1. The number of fused-ring (bicyclic) bond motifs is 1. The molecule has 0 N–H and O–H groups in total. The molecule has 0 aliphatic rings. The van der Waals surface area contributed by atoms with Gasteiger partial charge in [0.25, 0.3) is 0 Å². The minimum absolute atomic E-state index is 0.349. The van der Waals surface area contributed by atoms with Crippen molar-refractivity contribution in [1.82, 2.24) is 9.55 Å². The second-order valence-corrected chi connectivity index (χ2v) is 5.44. The molecule has 3 aromatic rings. The monoisotopic (exact) mass is 320 g/mol. The van der Waals surface area contributed by atoms with Gasteiger partial charge in [-0.1, -0.05) is 43.3 Å². The van der Waals surface area contributed by atoms with E-state index in [1.54, 1.807) is 13.3 Å². The van der Waals surface area contributed by atoms with Crippen molar-refractivity contribution in [1.29, 1.82) is 0 Å². The highest BCUT2D eigenvalue weighted by Gasteiger charge is 2.11. The Morgan fingerprint density at radius 2 is 1.88 bits per heavy atom. The first-order valence-corrected chi connectivity index (χ1v) is 8.13. The van der Waals surface area contributed by atoms with Crippen LogP contribution in [0.2, 0.25) is 0 Å². The summed E-state index contributed by atoms with van der Waals surface area (Å²) in [5.41, 5.74) is 4.79. The Balaban J connectivity index is 2.12. The maximum atomic E-state index is 12.0. The van der Waals surface area contributed by atoms with Gasteiger partial charge < -0.3 is 4.74 Å². The smallest absolute Gasteiger partial charge is 0.332 e. The molecule has 0 amide bonds. The van der Waals surface area contributed by atoms with Crippen LogP contribution in [0.3, 0.4) is 0 Å². The summed E-state index contributed by atoms with van der Waals surface area (Å²) in [4.78, 5) is 16.5. The normalized spacial score (nSPS) is 11.7. The van der Waals surface area contributed by atoms with E-state index in [-0.39, 0.29) is 5.97 Å². The molecule has 0 bridgehead atoms. The van der Waals surface area contributed by atoms with Crippen LogP contribution < -0.4 is 0 Å². The van der Waals surface area contributed by atoms with E-state index in [1.807, 2.05) is 41.0 Å². The van der Waals surface area contributed by atoms with Gasteiger partial charge in [-0.25, -0.2) is 9.78 Å². The quantitative estimate of drug-likeness (QED) is 0.526. The molecule has 0 fully saturated rings. The molecule has 2 aromatic carbocycles. The molecule has 4 heteroatoms. The second-order valence-electron chi connectivity index (χ2n) is 5.44. The first kappa shape index (κ1) is 16.0. The summed E-state index contributed by atoms with van der Waals surface area (Å²) in [7, 11) is 0. The summed E-state index contributed by atoms with van der Waals surface area (Å²) < 4.78 is 7.02. The highest BCUT2D eigenvalue weighted by atomic mass is 16.5. The SMILES string of the molecule is CCOC(=O)C=C(c1ccc(CC)cc1)n1cnc2ccccc21. The van der Waals surface area contributed by atoms with E-state index in [2.05, 4.69) is 24.0 Å². The summed E-state index contributed by atoms with van der Waals surface area (Å²) in [6.45, 7) is 4.27. The molecule has 3 rings (SSSR count). The number of benzene rings is 2. The third kappa shape index (κ3) is 3.23. The maximum Gasteiger partial charge on any atom is 0.332 e. The van der Waals surface area contributed by atoms with E-state index < -0.39 is 0 Å².